The summed E-state index contributed by atoms with van der Waals surface area (Å²) in [6.45, 7) is 2.60. The van der Waals surface area contributed by atoms with Gasteiger partial charge in [0, 0.05) is 32.7 Å². The van der Waals surface area contributed by atoms with E-state index in [-0.39, 0.29) is 5.82 Å². The molecule has 0 bridgehead atoms. The molecule has 1 aliphatic heterocycles. The van der Waals surface area contributed by atoms with Crippen molar-refractivity contribution < 1.29 is 9.13 Å². The van der Waals surface area contributed by atoms with Crippen LogP contribution in [-0.4, -0.2) is 26.8 Å². The van der Waals surface area contributed by atoms with Gasteiger partial charge >= 0.3 is 0 Å². The Morgan fingerprint density at radius 3 is 2.67 bits per heavy atom. The lowest BCUT2D eigenvalue weighted by molar-refractivity contribution is 0.139. The fraction of sp³-hybridized carbons (Fsp3) is 0.571. The zero-order valence-electron chi connectivity index (χ0n) is 10.7. The normalized spacial score (nSPS) is 17.2. The Labute approximate surface area is 113 Å². The Balaban J connectivity index is 2.01. The molecule has 100 valence electrons. The first-order valence-electron chi connectivity index (χ1n) is 6.33. The number of anilines is 1. The van der Waals surface area contributed by atoms with Gasteiger partial charge in [-0.1, -0.05) is 6.07 Å². The largest absolute Gasteiger partial charge is 0.384 e. The number of benzene rings is 1. The van der Waals surface area contributed by atoms with Crippen LogP contribution in [0.1, 0.15) is 18.4 Å². The number of hydrogen-bond acceptors (Lipinski definition) is 2. The predicted molar refractivity (Wildman–Crippen MR) is 72.8 cm³/mol. The zero-order valence-corrected chi connectivity index (χ0v) is 11.4. The maximum Gasteiger partial charge on any atom is 0.146 e. The summed E-state index contributed by atoms with van der Waals surface area (Å²) in [6.07, 6.45) is 2.12. The third-order valence-electron chi connectivity index (χ3n) is 3.52. The molecule has 1 fully saturated rings. The van der Waals surface area contributed by atoms with Crippen LogP contribution in [0.4, 0.5) is 10.1 Å². The van der Waals surface area contributed by atoms with Crippen molar-refractivity contribution in [1.29, 1.82) is 0 Å². The Morgan fingerprint density at radius 1 is 1.39 bits per heavy atom. The van der Waals surface area contributed by atoms with Crippen molar-refractivity contribution in [2.45, 2.75) is 18.7 Å². The molecule has 0 amide bonds. The molecule has 0 aliphatic carbocycles. The number of halogens is 2. The van der Waals surface area contributed by atoms with E-state index in [1.54, 1.807) is 7.11 Å². The Bertz CT molecular complexity index is 391. The van der Waals surface area contributed by atoms with E-state index in [1.807, 2.05) is 12.1 Å². The number of rotatable bonds is 4. The molecule has 1 aromatic carbocycles. The summed E-state index contributed by atoms with van der Waals surface area (Å²) >= 11 is 5.70. The number of methoxy groups -OCH3 is 1. The molecule has 4 heteroatoms. The number of nitrogens with zero attached hydrogens (tertiary/aromatic N) is 1. The highest BCUT2D eigenvalue weighted by Crippen LogP contribution is 2.26. The molecule has 1 saturated heterocycles. The van der Waals surface area contributed by atoms with Crippen LogP contribution >= 0.6 is 11.6 Å². The van der Waals surface area contributed by atoms with Gasteiger partial charge in [0.15, 0.2) is 0 Å². The molecule has 0 saturated carbocycles. The minimum absolute atomic E-state index is 0.168. The highest BCUT2D eigenvalue weighted by Gasteiger charge is 2.21. The van der Waals surface area contributed by atoms with Gasteiger partial charge in [-0.15, -0.1) is 11.6 Å². The minimum atomic E-state index is -0.168. The molecule has 0 N–H and O–H groups in total. The fourth-order valence-electron chi connectivity index (χ4n) is 2.47. The van der Waals surface area contributed by atoms with Gasteiger partial charge in [0.2, 0.25) is 0 Å². The first-order valence-corrected chi connectivity index (χ1v) is 6.86. The van der Waals surface area contributed by atoms with Crippen molar-refractivity contribution >= 4 is 17.3 Å². The lowest BCUT2D eigenvalue weighted by Crippen LogP contribution is -2.35. The van der Waals surface area contributed by atoms with Crippen LogP contribution in [0.15, 0.2) is 18.2 Å². The fourth-order valence-corrected chi connectivity index (χ4v) is 2.63. The van der Waals surface area contributed by atoms with E-state index < -0.39 is 0 Å². The standard InChI is InChI=1S/C14H19ClFNO/c1-18-10-11-4-6-17(7-5-11)14-3-2-12(9-15)8-13(14)16/h2-3,8,11H,4-7,9-10H2,1H3. The smallest absolute Gasteiger partial charge is 0.146 e. The SMILES string of the molecule is COCC1CCN(c2ccc(CCl)cc2F)CC1. The number of piperidine rings is 1. The van der Waals surface area contributed by atoms with Crippen molar-refractivity contribution in [3.8, 4) is 0 Å². The van der Waals surface area contributed by atoms with Crippen molar-refractivity contribution in [3.05, 3.63) is 29.6 Å². The Kier molecular flexibility index (Phi) is 4.84. The quantitative estimate of drug-likeness (QED) is 0.778. The van der Waals surface area contributed by atoms with Crippen molar-refractivity contribution in [2.75, 3.05) is 31.7 Å². The predicted octanol–water partition coefficient (Wildman–Crippen LogP) is 3.43. The monoisotopic (exact) mass is 271 g/mol. The molecule has 2 rings (SSSR count). The Hall–Kier alpha value is -0.800. The van der Waals surface area contributed by atoms with E-state index >= 15 is 0 Å². The Morgan fingerprint density at radius 2 is 2.11 bits per heavy atom. The van der Waals surface area contributed by atoms with Gasteiger partial charge in [-0.2, -0.15) is 0 Å². The topological polar surface area (TPSA) is 12.5 Å². The van der Waals surface area contributed by atoms with Gasteiger partial charge in [0.1, 0.15) is 5.82 Å². The van der Waals surface area contributed by atoms with Crippen molar-refractivity contribution in [1.82, 2.24) is 0 Å². The van der Waals surface area contributed by atoms with Crippen LogP contribution in [0.3, 0.4) is 0 Å². The molecule has 1 aromatic rings. The molecule has 0 atom stereocenters. The second-order valence-electron chi connectivity index (χ2n) is 4.81. The average molecular weight is 272 g/mol. The third-order valence-corrected chi connectivity index (χ3v) is 3.83. The molecule has 2 nitrogen and oxygen atoms in total. The first-order chi connectivity index (χ1) is 8.74. The van der Waals surface area contributed by atoms with E-state index in [9.17, 15) is 4.39 Å². The van der Waals surface area contributed by atoms with Gasteiger partial charge in [-0.05, 0) is 36.5 Å². The van der Waals surface area contributed by atoms with Crippen LogP contribution in [-0.2, 0) is 10.6 Å². The second kappa shape index (κ2) is 6.39. The molecular formula is C14H19ClFNO. The highest BCUT2D eigenvalue weighted by molar-refractivity contribution is 6.17. The highest BCUT2D eigenvalue weighted by atomic mass is 35.5. The van der Waals surface area contributed by atoms with Crippen LogP contribution < -0.4 is 4.90 Å². The third kappa shape index (κ3) is 3.15. The zero-order chi connectivity index (χ0) is 13.0. The van der Waals surface area contributed by atoms with E-state index in [1.165, 1.54) is 6.07 Å². The molecule has 1 aliphatic rings. The van der Waals surface area contributed by atoms with Crippen LogP contribution in [0, 0.1) is 11.7 Å². The number of alkyl halides is 1. The maximum absolute atomic E-state index is 13.9. The summed E-state index contributed by atoms with van der Waals surface area (Å²) in [5.41, 5.74) is 1.52. The lowest BCUT2D eigenvalue weighted by Gasteiger charge is -2.33. The van der Waals surface area contributed by atoms with Crippen LogP contribution in [0.2, 0.25) is 0 Å². The summed E-state index contributed by atoms with van der Waals surface area (Å²) in [6, 6.07) is 5.26. The van der Waals surface area contributed by atoms with E-state index in [4.69, 9.17) is 16.3 Å². The van der Waals surface area contributed by atoms with Gasteiger partial charge < -0.3 is 9.64 Å². The van der Waals surface area contributed by atoms with E-state index in [0.29, 0.717) is 17.5 Å². The van der Waals surface area contributed by atoms with Crippen molar-refractivity contribution in [3.63, 3.8) is 0 Å². The average Bonchev–Trinajstić information content (AvgIpc) is 2.40. The number of ether oxygens (including phenoxy) is 1. The maximum atomic E-state index is 13.9. The summed E-state index contributed by atoms with van der Waals surface area (Å²) in [5.74, 6) is 0.794. The molecular weight excluding hydrogens is 253 g/mol. The van der Waals surface area contributed by atoms with Gasteiger partial charge in [-0.3, -0.25) is 0 Å². The van der Waals surface area contributed by atoms with E-state index in [0.717, 1.165) is 38.1 Å². The second-order valence-corrected chi connectivity index (χ2v) is 5.07. The molecule has 0 radical (unpaired) electrons. The summed E-state index contributed by atoms with van der Waals surface area (Å²) in [5, 5.41) is 0. The van der Waals surface area contributed by atoms with Gasteiger partial charge in [0.25, 0.3) is 0 Å². The van der Waals surface area contributed by atoms with E-state index in [2.05, 4.69) is 4.90 Å². The summed E-state index contributed by atoms with van der Waals surface area (Å²) < 4.78 is 19.1. The summed E-state index contributed by atoms with van der Waals surface area (Å²) in [7, 11) is 1.73. The molecule has 1 heterocycles. The molecule has 0 unspecified atom stereocenters. The molecule has 0 spiro atoms. The van der Waals surface area contributed by atoms with Crippen molar-refractivity contribution in [2.24, 2.45) is 5.92 Å². The van der Waals surface area contributed by atoms with Crippen LogP contribution in [0.25, 0.3) is 0 Å². The molecule has 18 heavy (non-hydrogen) atoms. The number of hydrogen-bond donors (Lipinski definition) is 0. The minimum Gasteiger partial charge on any atom is -0.384 e. The van der Waals surface area contributed by atoms with Gasteiger partial charge in [-0.25, -0.2) is 4.39 Å². The first kappa shape index (κ1) is 13.6. The lowest BCUT2D eigenvalue weighted by atomic mass is 9.97. The van der Waals surface area contributed by atoms with Gasteiger partial charge in [0.05, 0.1) is 5.69 Å². The summed E-state index contributed by atoms with van der Waals surface area (Å²) in [4.78, 5) is 2.11. The van der Waals surface area contributed by atoms with Crippen LogP contribution in [0.5, 0.6) is 0 Å². The molecule has 0 aromatic heterocycles.